The average molecular weight is 1110 g/mol. The average Bonchev–Trinajstić information content (AvgIpc) is 3.37. The van der Waals surface area contributed by atoms with Crippen LogP contribution in [-0.4, -0.2) is 328 Å². The molecule has 0 radical (unpaired) electrons. The Bertz CT molecular complexity index is 1870. The van der Waals surface area contributed by atoms with E-state index < -0.39 is 241 Å². The van der Waals surface area contributed by atoms with Crippen molar-refractivity contribution in [3.05, 3.63) is 0 Å². The van der Waals surface area contributed by atoms with Crippen LogP contribution in [0, 0.1) is 0 Å². The molecule has 440 valence electrons. The molecule has 0 bridgehead atoms. The first kappa shape index (κ1) is 62.5. The number of amides is 3. The van der Waals surface area contributed by atoms with Gasteiger partial charge in [-0.3, -0.25) is 14.4 Å². The predicted octanol–water partition coefficient (Wildman–Crippen LogP) is -13.7. The number of nitrogens with one attached hydrogen (secondary N) is 3. The van der Waals surface area contributed by atoms with Crippen LogP contribution in [0.25, 0.3) is 0 Å². The van der Waals surface area contributed by atoms with Crippen LogP contribution in [0.4, 0.5) is 0 Å². The van der Waals surface area contributed by atoms with Crippen LogP contribution in [0.15, 0.2) is 0 Å². The van der Waals surface area contributed by atoms with Crippen molar-refractivity contribution in [3.8, 4) is 0 Å². The molecular weight excluding hydrogens is 1040 g/mol. The van der Waals surface area contributed by atoms with Crippen molar-refractivity contribution in [3.63, 3.8) is 0 Å². The molecule has 6 heterocycles. The second-order valence-corrected chi connectivity index (χ2v) is 19.0. The Morgan fingerprint density at radius 1 is 0.316 bits per heavy atom. The Morgan fingerprint density at radius 3 is 0.895 bits per heavy atom. The third-order valence-electron chi connectivity index (χ3n) is 13.6. The molecule has 0 unspecified atom stereocenters. The van der Waals surface area contributed by atoms with E-state index in [4.69, 9.17) is 52.1 Å². The highest BCUT2D eigenvalue weighted by Gasteiger charge is 2.58. The van der Waals surface area contributed by atoms with E-state index in [-0.39, 0.29) is 0 Å². The van der Waals surface area contributed by atoms with Crippen molar-refractivity contribution in [2.24, 2.45) is 0 Å². The van der Waals surface area contributed by atoms with E-state index in [9.17, 15) is 101 Å². The lowest BCUT2D eigenvalue weighted by Gasteiger charge is -2.51. The van der Waals surface area contributed by atoms with Gasteiger partial charge in [-0.05, 0) is 0 Å². The molecule has 6 rings (SSSR count). The molecule has 6 aliphatic rings. The standard InChI is InChI=1S/C42H71N3O31/c1-10(52)43-19-32(23(56)14(5-47)66-37(19)65)72-41-30(63)35(26(59)17(8-50)70-41)75-39-21(45-12(3)54)34(25(58)16(7-49)68-39)74-42-31(64)36(27(60)18(9-51)71-42)76-38-20(44-11(2)53)33(24(57)15(6-48)67-38)73-40-29(62)28(61)22(55)13(4-46)69-40/h13-42,46-51,55-65H,4-9H2,1-3H3,(H,43,52)(H,44,53)(H,45,54)/t13-,14-,15-,16-,17-,18-,19-,20-,21-,22+,23-,24-,25-,26+,27+,28+,29-,30-,31-,32-,33-,34-,35+,36+,37-,38+,39+,40+,41+,42+/m1/s1. The Balaban J connectivity index is 1.28. The van der Waals surface area contributed by atoms with E-state index in [1.165, 1.54) is 0 Å². The summed E-state index contributed by atoms with van der Waals surface area (Å²) in [5.41, 5.74) is 0. The summed E-state index contributed by atoms with van der Waals surface area (Å²) in [7, 11) is 0. The molecule has 34 heteroatoms. The van der Waals surface area contributed by atoms with Crippen LogP contribution in [0.3, 0.4) is 0 Å². The number of carbonyl (C=O) groups is 3. The Hall–Kier alpha value is -2.71. The van der Waals surface area contributed by atoms with Crippen LogP contribution in [-0.2, 0) is 66.5 Å². The van der Waals surface area contributed by atoms with Gasteiger partial charge in [0.2, 0.25) is 17.7 Å². The first-order valence-corrected chi connectivity index (χ1v) is 24.1. The van der Waals surface area contributed by atoms with Crippen LogP contribution < -0.4 is 16.0 Å². The van der Waals surface area contributed by atoms with E-state index in [0.717, 1.165) is 20.8 Å². The molecule has 0 aromatic carbocycles. The van der Waals surface area contributed by atoms with Gasteiger partial charge < -0.3 is 155 Å². The van der Waals surface area contributed by atoms with E-state index in [0.29, 0.717) is 0 Å². The lowest BCUT2D eigenvalue weighted by molar-refractivity contribution is -0.383. The molecule has 0 aromatic heterocycles. The monoisotopic (exact) mass is 1110 g/mol. The molecule has 0 saturated carbocycles. The predicted molar refractivity (Wildman–Crippen MR) is 234 cm³/mol. The van der Waals surface area contributed by atoms with E-state index in [1.807, 2.05) is 0 Å². The summed E-state index contributed by atoms with van der Waals surface area (Å²) in [4.78, 5) is 37.6. The third-order valence-corrected chi connectivity index (χ3v) is 13.6. The first-order valence-electron chi connectivity index (χ1n) is 24.1. The fourth-order valence-electron chi connectivity index (χ4n) is 9.71. The van der Waals surface area contributed by atoms with Crippen molar-refractivity contribution in [2.75, 3.05) is 39.6 Å². The minimum absolute atomic E-state index is 0.749. The number of hydrogen-bond acceptors (Lipinski definition) is 31. The van der Waals surface area contributed by atoms with E-state index >= 15 is 0 Å². The number of carbonyl (C=O) groups excluding carboxylic acids is 3. The maximum absolute atomic E-state index is 12.9. The fraction of sp³-hybridized carbons (Fsp3) is 0.929. The summed E-state index contributed by atoms with van der Waals surface area (Å²) in [6.07, 6.45) is -51.9. The molecule has 76 heavy (non-hydrogen) atoms. The minimum Gasteiger partial charge on any atom is -0.394 e. The van der Waals surface area contributed by atoms with Gasteiger partial charge in [0.15, 0.2) is 37.7 Å². The van der Waals surface area contributed by atoms with Crippen molar-refractivity contribution in [1.82, 2.24) is 16.0 Å². The van der Waals surface area contributed by atoms with Crippen molar-refractivity contribution < 1.29 is 153 Å². The normalized spacial score (nSPS) is 48.2. The summed E-state index contributed by atoms with van der Waals surface area (Å²) in [5.74, 6) is -2.49. The molecule has 0 aliphatic carbocycles. The molecule has 30 atom stereocenters. The SMILES string of the molecule is CC(=O)N[C@@H]1[C@@H](O[C@@H]2O[C@H](CO)[C@H](O)[C@H](O[C@@H]3O[C@H](CO)[C@@H](O)[C@H](O[C@@H]4O[C@H](CO)[C@H](O)[C@H](O[C@@H]5O[C@H](CO)[C@@H](O)[C@H](O[C@@H]6O[C@H](CO)[C@H](O)[C@H](O)[C@H]6O)[C@H]5NC(C)=O)[C@H]4O)[C@H]3NC(C)=O)[C@H]2O)[C@H](O)[C@@H](CO)O[C@H]1O. The number of ether oxygens (including phenoxy) is 11. The van der Waals surface area contributed by atoms with Crippen LogP contribution in [0.1, 0.15) is 20.8 Å². The van der Waals surface area contributed by atoms with Crippen LogP contribution in [0.2, 0.25) is 0 Å². The second-order valence-electron chi connectivity index (χ2n) is 19.0. The van der Waals surface area contributed by atoms with Gasteiger partial charge in [0.1, 0.15) is 146 Å². The first-order chi connectivity index (χ1) is 35.9. The zero-order valence-corrected chi connectivity index (χ0v) is 40.9. The second kappa shape index (κ2) is 27.2. The van der Waals surface area contributed by atoms with Gasteiger partial charge in [0.25, 0.3) is 0 Å². The van der Waals surface area contributed by atoms with Gasteiger partial charge in [0.05, 0.1) is 39.6 Å². The minimum atomic E-state index is -2.28. The molecular formula is C42H71N3O31. The third kappa shape index (κ3) is 13.5. The van der Waals surface area contributed by atoms with Gasteiger partial charge in [-0.15, -0.1) is 0 Å². The van der Waals surface area contributed by atoms with Crippen molar-refractivity contribution >= 4 is 17.7 Å². The number of aliphatic hydroxyl groups is 17. The van der Waals surface area contributed by atoms with Gasteiger partial charge >= 0.3 is 0 Å². The summed E-state index contributed by atoms with van der Waals surface area (Å²) >= 11 is 0. The van der Waals surface area contributed by atoms with Gasteiger partial charge in [-0.25, -0.2) is 0 Å². The van der Waals surface area contributed by atoms with Crippen molar-refractivity contribution in [1.29, 1.82) is 0 Å². The quantitative estimate of drug-likeness (QED) is 0.0571. The smallest absolute Gasteiger partial charge is 0.217 e. The van der Waals surface area contributed by atoms with E-state index in [2.05, 4.69) is 16.0 Å². The van der Waals surface area contributed by atoms with Crippen LogP contribution >= 0.6 is 0 Å². The van der Waals surface area contributed by atoms with Crippen LogP contribution in [0.5, 0.6) is 0 Å². The van der Waals surface area contributed by atoms with Crippen molar-refractivity contribution in [2.45, 2.75) is 205 Å². The number of aliphatic hydroxyl groups excluding tert-OH is 17. The highest BCUT2D eigenvalue weighted by molar-refractivity contribution is 5.74. The topological polar surface area (TPSA) is 533 Å². The van der Waals surface area contributed by atoms with Gasteiger partial charge in [-0.1, -0.05) is 0 Å². The molecule has 34 nitrogen and oxygen atoms in total. The molecule has 6 saturated heterocycles. The van der Waals surface area contributed by atoms with Gasteiger partial charge in [-0.2, -0.15) is 0 Å². The summed E-state index contributed by atoms with van der Waals surface area (Å²) < 4.78 is 63.3. The summed E-state index contributed by atoms with van der Waals surface area (Å²) in [6, 6.07) is -5.17. The molecule has 0 spiro atoms. The zero-order chi connectivity index (χ0) is 56.2. The zero-order valence-electron chi connectivity index (χ0n) is 40.9. The number of rotatable bonds is 19. The summed E-state index contributed by atoms with van der Waals surface area (Å²) in [5, 5.41) is 191. The molecule has 6 fully saturated rings. The Kier molecular flexibility index (Phi) is 22.3. The number of hydrogen-bond donors (Lipinski definition) is 20. The van der Waals surface area contributed by atoms with Gasteiger partial charge in [0, 0.05) is 20.8 Å². The molecule has 3 amide bonds. The fourth-order valence-corrected chi connectivity index (χ4v) is 9.71. The molecule has 0 aromatic rings. The highest BCUT2D eigenvalue weighted by atomic mass is 16.8. The Labute approximate surface area is 431 Å². The maximum Gasteiger partial charge on any atom is 0.217 e. The highest BCUT2D eigenvalue weighted by Crippen LogP contribution is 2.37. The molecule has 6 aliphatic heterocycles. The largest absolute Gasteiger partial charge is 0.394 e. The van der Waals surface area contributed by atoms with E-state index in [1.54, 1.807) is 0 Å². The molecule has 20 N–H and O–H groups in total. The lowest BCUT2D eigenvalue weighted by Crippen LogP contribution is -2.71. The Morgan fingerprint density at radius 2 is 0.566 bits per heavy atom. The maximum atomic E-state index is 12.9. The lowest BCUT2D eigenvalue weighted by atomic mass is 9.93. The summed E-state index contributed by atoms with van der Waals surface area (Å²) in [6.45, 7) is -2.85.